The van der Waals surface area contributed by atoms with Crippen molar-refractivity contribution in [3.05, 3.63) is 51.6 Å². The normalized spacial score (nSPS) is 11.1. The lowest BCUT2D eigenvalue weighted by Gasteiger charge is -2.06. The Morgan fingerprint density at radius 1 is 1.32 bits per heavy atom. The summed E-state index contributed by atoms with van der Waals surface area (Å²) in [4.78, 5) is 19.4. The molecule has 0 amide bonds. The number of nitrogens with one attached hydrogen (secondary N) is 2. The van der Waals surface area contributed by atoms with Gasteiger partial charge in [-0.2, -0.15) is 0 Å². The lowest BCUT2D eigenvalue weighted by molar-refractivity contribution is -0.647. The Labute approximate surface area is 128 Å². The molecule has 0 aliphatic carbocycles. The second-order valence-corrected chi connectivity index (χ2v) is 5.70. The maximum atomic E-state index is 12.2. The molecule has 0 unspecified atom stereocenters. The summed E-state index contributed by atoms with van der Waals surface area (Å²) in [5, 5.41) is 3.19. The zero-order valence-electron chi connectivity index (χ0n) is 13.3. The fraction of sp³-hybridized carbons (Fsp3) is 0.312. The van der Waals surface area contributed by atoms with E-state index in [0.717, 1.165) is 5.56 Å². The third-order valence-electron chi connectivity index (χ3n) is 3.94. The van der Waals surface area contributed by atoms with Crippen LogP contribution in [0.2, 0.25) is 0 Å². The Morgan fingerprint density at radius 3 is 2.82 bits per heavy atom. The van der Waals surface area contributed by atoms with Crippen LogP contribution in [0.25, 0.3) is 11.2 Å². The van der Waals surface area contributed by atoms with E-state index in [0.29, 0.717) is 23.7 Å². The van der Waals surface area contributed by atoms with Crippen LogP contribution in [0, 0.1) is 13.8 Å². The van der Waals surface area contributed by atoms with E-state index < -0.39 is 0 Å². The molecule has 0 atom stereocenters. The minimum Gasteiger partial charge on any atom is -0.338 e. The van der Waals surface area contributed by atoms with E-state index in [1.807, 2.05) is 25.0 Å². The summed E-state index contributed by atoms with van der Waals surface area (Å²) in [6.45, 7) is 4.80. The van der Waals surface area contributed by atoms with Gasteiger partial charge >= 0.3 is 5.65 Å². The number of aromatic amines is 1. The average Bonchev–Trinajstić information content (AvgIpc) is 2.75. The molecule has 0 saturated heterocycles. The quantitative estimate of drug-likeness (QED) is 0.717. The van der Waals surface area contributed by atoms with Gasteiger partial charge in [0.1, 0.15) is 0 Å². The highest BCUT2D eigenvalue weighted by atomic mass is 16.1. The molecule has 0 fully saturated rings. The summed E-state index contributed by atoms with van der Waals surface area (Å²) in [6, 6.07) is 6.32. The average molecular weight is 298 g/mol. The van der Waals surface area contributed by atoms with Gasteiger partial charge < -0.3 is 5.32 Å². The Morgan fingerprint density at radius 2 is 2.09 bits per heavy atom. The smallest absolute Gasteiger partial charge is 0.311 e. The third-order valence-corrected chi connectivity index (χ3v) is 3.94. The fourth-order valence-corrected chi connectivity index (χ4v) is 2.57. The van der Waals surface area contributed by atoms with E-state index in [-0.39, 0.29) is 5.56 Å². The topological polar surface area (TPSA) is 66.6 Å². The van der Waals surface area contributed by atoms with Crippen LogP contribution < -0.4 is 15.4 Å². The van der Waals surface area contributed by atoms with Crippen molar-refractivity contribution in [3.8, 4) is 0 Å². The van der Waals surface area contributed by atoms with Crippen LogP contribution in [0.5, 0.6) is 0 Å². The Hall–Kier alpha value is -2.63. The maximum Gasteiger partial charge on any atom is 0.311 e. The largest absolute Gasteiger partial charge is 0.338 e. The summed E-state index contributed by atoms with van der Waals surface area (Å²) < 4.78 is 3.61. The first-order valence-electron chi connectivity index (χ1n) is 7.20. The molecule has 0 bridgehead atoms. The third kappa shape index (κ3) is 2.47. The molecule has 2 N–H and O–H groups in total. The van der Waals surface area contributed by atoms with Crippen molar-refractivity contribution >= 4 is 17.1 Å². The molecule has 0 spiro atoms. The Kier molecular flexibility index (Phi) is 3.44. The lowest BCUT2D eigenvalue weighted by atomic mass is 10.1. The molecule has 6 nitrogen and oxygen atoms in total. The van der Waals surface area contributed by atoms with Gasteiger partial charge in [0.2, 0.25) is 5.52 Å². The highest BCUT2D eigenvalue weighted by Gasteiger charge is 2.17. The molecule has 3 rings (SSSR count). The second kappa shape index (κ2) is 5.29. The SMILES string of the molecule is Cc1ccc(CNc2nc3c(c(=O)[nH]2)n(C)c[n+]3C)cc1C. The van der Waals surface area contributed by atoms with Gasteiger partial charge in [0.25, 0.3) is 11.5 Å². The number of imidazole rings is 1. The van der Waals surface area contributed by atoms with Crippen molar-refractivity contribution in [2.24, 2.45) is 14.1 Å². The van der Waals surface area contributed by atoms with E-state index >= 15 is 0 Å². The van der Waals surface area contributed by atoms with Crippen molar-refractivity contribution < 1.29 is 4.57 Å². The van der Waals surface area contributed by atoms with Gasteiger partial charge in [-0.3, -0.25) is 14.3 Å². The fourth-order valence-electron chi connectivity index (χ4n) is 2.57. The number of aryl methyl sites for hydroxylation is 4. The summed E-state index contributed by atoms with van der Waals surface area (Å²) in [6.07, 6.45) is 1.83. The first-order chi connectivity index (χ1) is 10.5. The second-order valence-electron chi connectivity index (χ2n) is 5.70. The number of hydrogen-bond donors (Lipinski definition) is 2. The molecule has 0 aliphatic heterocycles. The van der Waals surface area contributed by atoms with Crippen molar-refractivity contribution in [3.63, 3.8) is 0 Å². The molecule has 114 valence electrons. The Bertz CT molecular complexity index is 907. The van der Waals surface area contributed by atoms with Crippen molar-refractivity contribution in [1.82, 2.24) is 14.5 Å². The van der Waals surface area contributed by atoms with Crippen molar-refractivity contribution in [2.45, 2.75) is 20.4 Å². The minimum absolute atomic E-state index is 0.143. The standard InChI is InChI=1S/C16H19N5O/c1-10-5-6-12(7-11(10)2)8-17-16-18-14-13(15(22)19-16)20(3)9-21(14)4/h5-7,9H,8H2,1-4H3,(H-,17,18,19,22)/p+1. The molecule has 2 heterocycles. The predicted octanol–water partition coefficient (Wildman–Crippen LogP) is 1.32. The molecule has 3 aromatic rings. The van der Waals surface area contributed by atoms with Crippen LogP contribution in [0.4, 0.5) is 5.95 Å². The number of nitrogens with zero attached hydrogens (tertiary/aromatic N) is 3. The highest BCUT2D eigenvalue weighted by Crippen LogP contribution is 2.11. The molecule has 22 heavy (non-hydrogen) atoms. The van der Waals surface area contributed by atoms with Crippen LogP contribution in [0.3, 0.4) is 0 Å². The Balaban J connectivity index is 1.89. The number of benzene rings is 1. The molecule has 2 aromatic heterocycles. The summed E-state index contributed by atoms with van der Waals surface area (Å²) in [7, 11) is 3.71. The zero-order valence-corrected chi connectivity index (χ0v) is 13.3. The lowest BCUT2D eigenvalue weighted by Crippen LogP contribution is -2.27. The molecule has 1 aromatic carbocycles. The molecule has 0 radical (unpaired) electrons. The van der Waals surface area contributed by atoms with Gasteiger partial charge in [-0.05, 0) is 30.5 Å². The molecular weight excluding hydrogens is 278 g/mol. The minimum atomic E-state index is -0.143. The highest BCUT2D eigenvalue weighted by molar-refractivity contribution is 5.67. The van der Waals surface area contributed by atoms with Gasteiger partial charge in [-0.25, -0.2) is 4.57 Å². The molecule has 0 saturated carbocycles. The number of H-pyrrole nitrogens is 1. The first-order valence-corrected chi connectivity index (χ1v) is 7.20. The molecule has 0 aliphatic rings. The summed E-state index contributed by atoms with van der Waals surface area (Å²) >= 11 is 0. The summed E-state index contributed by atoms with van der Waals surface area (Å²) in [5.74, 6) is 0.484. The predicted molar refractivity (Wildman–Crippen MR) is 85.8 cm³/mol. The van der Waals surface area contributed by atoms with E-state index in [9.17, 15) is 4.79 Å². The number of hydrogen-bond acceptors (Lipinski definition) is 3. The van der Waals surface area contributed by atoms with Crippen LogP contribution in [0.15, 0.2) is 29.3 Å². The zero-order chi connectivity index (χ0) is 15.9. The van der Waals surface area contributed by atoms with Gasteiger partial charge in [-0.1, -0.05) is 23.2 Å². The van der Waals surface area contributed by atoms with Gasteiger partial charge in [0, 0.05) is 6.54 Å². The van der Waals surface area contributed by atoms with Crippen LogP contribution in [-0.4, -0.2) is 14.5 Å². The van der Waals surface area contributed by atoms with E-state index in [2.05, 4.69) is 47.3 Å². The van der Waals surface area contributed by atoms with Crippen LogP contribution in [0.1, 0.15) is 16.7 Å². The number of aromatic nitrogens is 4. The van der Waals surface area contributed by atoms with Gasteiger partial charge in [0.05, 0.1) is 14.1 Å². The summed E-state index contributed by atoms with van der Waals surface area (Å²) in [5.41, 5.74) is 4.77. The van der Waals surface area contributed by atoms with Crippen molar-refractivity contribution in [1.29, 1.82) is 0 Å². The monoisotopic (exact) mass is 298 g/mol. The number of rotatable bonds is 3. The van der Waals surface area contributed by atoms with E-state index in [1.165, 1.54) is 11.1 Å². The number of fused-ring (bicyclic) bond motifs is 1. The van der Waals surface area contributed by atoms with Crippen molar-refractivity contribution in [2.75, 3.05) is 5.32 Å². The van der Waals surface area contributed by atoms with Crippen LogP contribution in [-0.2, 0) is 20.6 Å². The molecule has 6 heteroatoms. The van der Waals surface area contributed by atoms with Gasteiger partial charge in [0.15, 0.2) is 6.33 Å². The maximum absolute atomic E-state index is 12.2. The van der Waals surface area contributed by atoms with Crippen LogP contribution >= 0.6 is 0 Å². The first kappa shape index (κ1) is 14.3. The van der Waals surface area contributed by atoms with E-state index in [4.69, 9.17) is 0 Å². The van der Waals surface area contributed by atoms with E-state index in [1.54, 1.807) is 4.57 Å². The van der Waals surface area contributed by atoms with Gasteiger partial charge in [-0.15, -0.1) is 0 Å². The molecular formula is C16H20N5O+. The number of anilines is 1.